The molecule has 0 amide bonds. The van der Waals surface area contributed by atoms with Gasteiger partial charge in [0.2, 0.25) is 0 Å². The topological polar surface area (TPSA) is 26.3 Å². The van der Waals surface area contributed by atoms with Gasteiger partial charge in [0.1, 0.15) is 11.9 Å². The first kappa shape index (κ1) is 12.9. The van der Waals surface area contributed by atoms with Crippen LogP contribution in [0.1, 0.15) is 5.56 Å². The molecule has 1 aliphatic rings. The van der Waals surface area contributed by atoms with Crippen LogP contribution >= 0.6 is 23.4 Å². The number of carbonyl (C=O) groups is 1. The predicted octanol–water partition coefficient (Wildman–Crippen LogP) is 2.72. The molecular weight excluding hydrogens is 263 g/mol. The second kappa shape index (κ2) is 5.85. The van der Waals surface area contributed by atoms with Crippen LogP contribution < -0.4 is 0 Å². The van der Waals surface area contributed by atoms with E-state index in [1.54, 1.807) is 17.8 Å². The van der Waals surface area contributed by atoms with Gasteiger partial charge in [-0.3, -0.25) is 4.79 Å². The fourth-order valence-corrected chi connectivity index (χ4v) is 2.77. The summed E-state index contributed by atoms with van der Waals surface area (Å²) < 4.78 is 18.9. The van der Waals surface area contributed by atoms with Crippen molar-refractivity contribution in [3.63, 3.8) is 0 Å². The van der Waals surface area contributed by atoms with E-state index in [1.807, 2.05) is 0 Å². The molecule has 92 valence electrons. The van der Waals surface area contributed by atoms with Crippen LogP contribution in [0.15, 0.2) is 18.2 Å². The van der Waals surface area contributed by atoms with Crippen molar-refractivity contribution >= 4 is 29.1 Å². The van der Waals surface area contributed by atoms with Gasteiger partial charge in [0.25, 0.3) is 0 Å². The van der Waals surface area contributed by atoms with Gasteiger partial charge in [0.05, 0.1) is 6.61 Å². The van der Waals surface area contributed by atoms with E-state index in [1.165, 1.54) is 12.1 Å². The second-order valence-corrected chi connectivity index (χ2v) is 5.33. The number of ether oxygens (including phenoxy) is 1. The predicted molar refractivity (Wildman–Crippen MR) is 67.2 cm³/mol. The summed E-state index contributed by atoms with van der Waals surface area (Å²) in [5.74, 6) is 1.01. The maximum atomic E-state index is 13.5. The molecule has 0 N–H and O–H groups in total. The van der Waals surface area contributed by atoms with Crippen molar-refractivity contribution < 1.29 is 13.9 Å². The van der Waals surface area contributed by atoms with Crippen LogP contribution in [0.3, 0.4) is 0 Å². The lowest BCUT2D eigenvalue weighted by Gasteiger charge is -2.21. The summed E-state index contributed by atoms with van der Waals surface area (Å²) >= 11 is 7.55. The Morgan fingerprint density at radius 2 is 2.41 bits per heavy atom. The van der Waals surface area contributed by atoms with E-state index in [-0.39, 0.29) is 17.8 Å². The number of rotatable bonds is 3. The molecule has 1 fully saturated rings. The third kappa shape index (κ3) is 3.21. The molecule has 0 bridgehead atoms. The van der Waals surface area contributed by atoms with E-state index in [0.717, 1.165) is 5.75 Å². The van der Waals surface area contributed by atoms with Gasteiger partial charge >= 0.3 is 0 Å². The zero-order valence-electron chi connectivity index (χ0n) is 9.12. The summed E-state index contributed by atoms with van der Waals surface area (Å²) in [6, 6.07) is 4.42. The van der Waals surface area contributed by atoms with E-state index in [4.69, 9.17) is 16.3 Å². The van der Waals surface area contributed by atoms with Crippen LogP contribution in [0, 0.1) is 5.82 Å². The number of hydrogen-bond acceptors (Lipinski definition) is 3. The van der Waals surface area contributed by atoms with Gasteiger partial charge in [-0.25, -0.2) is 4.39 Å². The standard InChI is InChI=1S/C12H12ClFO2S/c13-9-2-1-3-10(14)8(9)6-11(15)12-7-17-5-4-16-12/h1-3,12H,4-7H2. The number of Topliss-reactive ketones (excluding diaryl/α,β-unsaturated/α-hetero) is 1. The van der Waals surface area contributed by atoms with Crippen LogP contribution in [-0.2, 0) is 16.0 Å². The lowest BCUT2D eigenvalue weighted by molar-refractivity contribution is -0.128. The smallest absolute Gasteiger partial charge is 0.166 e. The van der Waals surface area contributed by atoms with Gasteiger partial charge in [-0.2, -0.15) is 11.8 Å². The van der Waals surface area contributed by atoms with Crippen LogP contribution in [0.5, 0.6) is 0 Å². The molecule has 0 radical (unpaired) electrons. The van der Waals surface area contributed by atoms with Crippen LogP contribution in [-0.4, -0.2) is 30.0 Å². The molecule has 0 spiro atoms. The maximum Gasteiger partial charge on any atom is 0.166 e. The van der Waals surface area contributed by atoms with Crippen molar-refractivity contribution in [2.75, 3.05) is 18.1 Å². The molecule has 1 aromatic carbocycles. The highest BCUT2D eigenvalue weighted by molar-refractivity contribution is 7.99. The van der Waals surface area contributed by atoms with E-state index in [9.17, 15) is 9.18 Å². The quantitative estimate of drug-likeness (QED) is 0.848. The van der Waals surface area contributed by atoms with Gasteiger partial charge in [0.15, 0.2) is 5.78 Å². The van der Waals surface area contributed by atoms with Crippen molar-refractivity contribution in [1.82, 2.24) is 0 Å². The molecule has 17 heavy (non-hydrogen) atoms. The van der Waals surface area contributed by atoms with E-state index >= 15 is 0 Å². The minimum Gasteiger partial charge on any atom is -0.369 e. The normalized spacial score (nSPS) is 20.2. The monoisotopic (exact) mass is 274 g/mol. The zero-order chi connectivity index (χ0) is 12.3. The van der Waals surface area contributed by atoms with Gasteiger partial charge in [-0.1, -0.05) is 17.7 Å². The Morgan fingerprint density at radius 1 is 1.59 bits per heavy atom. The third-order valence-corrected chi connectivity index (χ3v) is 3.94. The Kier molecular flexibility index (Phi) is 4.42. The molecule has 1 saturated heterocycles. The average molecular weight is 275 g/mol. The number of hydrogen-bond donors (Lipinski definition) is 0. The lowest BCUT2D eigenvalue weighted by atomic mass is 10.1. The van der Waals surface area contributed by atoms with E-state index in [2.05, 4.69) is 0 Å². The lowest BCUT2D eigenvalue weighted by Crippen LogP contribution is -2.32. The largest absolute Gasteiger partial charge is 0.369 e. The molecule has 0 saturated carbocycles. The van der Waals surface area contributed by atoms with Crippen molar-refractivity contribution in [3.8, 4) is 0 Å². The summed E-state index contributed by atoms with van der Waals surface area (Å²) in [5.41, 5.74) is 0.262. The Balaban J connectivity index is 2.07. The Morgan fingerprint density at radius 3 is 3.06 bits per heavy atom. The maximum absolute atomic E-state index is 13.5. The van der Waals surface area contributed by atoms with Crippen LogP contribution in [0.4, 0.5) is 4.39 Å². The minimum atomic E-state index is -0.436. The molecule has 1 aliphatic heterocycles. The SMILES string of the molecule is O=C(Cc1c(F)cccc1Cl)C1CSCCO1. The fraction of sp³-hybridized carbons (Fsp3) is 0.417. The van der Waals surface area contributed by atoms with Gasteiger partial charge in [-0.05, 0) is 12.1 Å². The molecular formula is C12H12ClFO2S. The highest BCUT2D eigenvalue weighted by atomic mass is 35.5. The molecule has 2 rings (SSSR count). The van der Waals surface area contributed by atoms with Crippen LogP contribution in [0.2, 0.25) is 5.02 Å². The number of ketones is 1. The second-order valence-electron chi connectivity index (χ2n) is 3.78. The van der Waals surface area contributed by atoms with Gasteiger partial charge in [0, 0.05) is 28.5 Å². The number of benzene rings is 1. The highest BCUT2D eigenvalue weighted by Gasteiger charge is 2.24. The van der Waals surface area contributed by atoms with Gasteiger partial charge in [-0.15, -0.1) is 0 Å². The molecule has 1 unspecified atom stereocenters. The molecule has 0 aromatic heterocycles. The number of halogens is 2. The van der Waals surface area contributed by atoms with Crippen molar-refractivity contribution in [1.29, 1.82) is 0 Å². The fourth-order valence-electron chi connectivity index (χ4n) is 1.66. The van der Waals surface area contributed by atoms with Crippen LogP contribution in [0.25, 0.3) is 0 Å². The summed E-state index contributed by atoms with van der Waals surface area (Å²) in [5, 5.41) is 0.293. The minimum absolute atomic E-state index is 0.00324. The molecule has 2 nitrogen and oxygen atoms in total. The van der Waals surface area contributed by atoms with E-state index in [0.29, 0.717) is 17.4 Å². The molecule has 5 heteroatoms. The zero-order valence-corrected chi connectivity index (χ0v) is 10.7. The van der Waals surface area contributed by atoms with Crippen molar-refractivity contribution in [2.45, 2.75) is 12.5 Å². The number of thioether (sulfide) groups is 1. The third-order valence-electron chi connectivity index (χ3n) is 2.59. The highest BCUT2D eigenvalue weighted by Crippen LogP contribution is 2.22. The van der Waals surface area contributed by atoms with E-state index < -0.39 is 11.9 Å². The summed E-state index contributed by atoms with van der Waals surface area (Å²) in [4.78, 5) is 11.9. The Hall–Kier alpha value is -0.580. The molecule has 0 aliphatic carbocycles. The van der Waals surface area contributed by atoms with Gasteiger partial charge < -0.3 is 4.74 Å². The Labute approximate surface area is 108 Å². The summed E-state index contributed by atoms with van der Waals surface area (Å²) in [6.45, 7) is 0.575. The first-order valence-corrected chi connectivity index (χ1v) is 6.86. The van der Waals surface area contributed by atoms with Crippen molar-refractivity contribution in [2.24, 2.45) is 0 Å². The molecule has 1 heterocycles. The number of carbonyl (C=O) groups excluding carboxylic acids is 1. The molecule has 1 aromatic rings. The first-order chi connectivity index (χ1) is 8.18. The molecule has 1 atom stereocenters. The average Bonchev–Trinajstić information content (AvgIpc) is 2.35. The van der Waals surface area contributed by atoms with Crippen molar-refractivity contribution in [3.05, 3.63) is 34.6 Å². The summed E-state index contributed by atoms with van der Waals surface area (Å²) in [6.07, 6.45) is -0.430. The first-order valence-electron chi connectivity index (χ1n) is 5.33. The Bertz CT molecular complexity index is 399. The summed E-state index contributed by atoms with van der Waals surface area (Å²) in [7, 11) is 0.